The molecule has 0 aromatic carbocycles. The third-order valence-corrected chi connectivity index (χ3v) is 4.47. The van der Waals surface area contributed by atoms with Gasteiger partial charge in [0.1, 0.15) is 5.54 Å². The fraction of sp³-hybridized carbons (Fsp3) is 0.875. The fourth-order valence-electron chi connectivity index (χ4n) is 2.96. The quantitative estimate of drug-likeness (QED) is 0.901. The van der Waals surface area contributed by atoms with Gasteiger partial charge in [-0.3, -0.25) is 0 Å². The van der Waals surface area contributed by atoms with Crippen LogP contribution in [0.25, 0.3) is 0 Å². The largest absolute Gasteiger partial charge is 0.376 e. The van der Waals surface area contributed by atoms with Crippen LogP contribution in [-0.2, 0) is 10.3 Å². The molecule has 0 bridgehead atoms. The van der Waals surface area contributed by atoms with Gasteiger partial charge in [-0.05, 0) is 39.0 Å². The summed E-state index contributed by atoms with van der Waals surface area (Å²) in [5, 5.41) is 4.12. The minimum absolute atomic E-state index is 0.136. The van der Waals surface area contributed by atoms with Crippen LogP contribution in [-0.4, -0.2) is 22.9 Å². The second-order valence-corrected chi connectivity index (χ2v) is 7.52. The van der Waals surface area contributed by atoms with E-state index in [0.29, 0.717) is 18.3 Å². The first-order valence-electron chi connectivity index (χ1n) is 7.97. The first-order valence-corrected chi connectivity index (χ1v) is 7.97. The Morgan fingerprint density at radius 3 is 2.76 bits per heavy atom. The van der Waals surface area contributed by atoms with Crippen molar-refractivity contribution >= 4 is 0 Å². The van der Waals surface area contributed by atoms with Gasteiger partial charge in [-0.15, -0.1) is 0 Å². The summed E-state index contributed by atoms with van der Waals surface area (Å²) in [5.41, 5.74) is 5.78. The third-order valence-electron chi connectivity index (χ3n) is 4.47. The van der Waals surface area contributed by atoms with Crippen LogP contribution < -0.4 is 5.73 Å². The van der Waals surface area contributed by atoms with E-state index in [1.54, 1.807) is 0 Å². The van der Waals surface area contributed by atoms with Crippen LogP contribution in [0, 0.1) is 5.41 Å². The smallest absolute Gasteiger partial charge is 0.230 e. The summed E-state index contributed by atoms with van der Waals surface area (Å²) in [6, 6.07) is 0. The van der Waals surface area contributed by atoms with E-state index in [1.807, 2.05) is 20.8 Å². The van der Waals surface area contributed by atoms with Gasteiger partial charge >= 0.3 is 0 Å². The van der Waals surface area contributed by atoms with Gasteiger partial charge in [0.15, 0.2) is 5.82 Å². The number of hydrogen-bond donors (Lipinski definition) is 1. The lowest BCUT2D eigenvalue weighted by atomic mass is 9.69. The number of nitrogens with zero attached hydrogens (tertiary/aromatic N) is 2. The molecule has 21 heavy (non-hydrogen) atoms. The Morgan fingerprint density at radius 1 is 1.43 bits per heavy atom. The first kappa shape index (κ1) is 16.4. The molecule has 5 heteroatoms. The number of ether oxygens (including phenoxy) is 1. The predicted molar refractivity (Wildman–Crippen MR) is 81.9 cm³/mol. The Kier molecular flexibility index (Phi) is 4.73. The molecule has 2 unspecified atom stereocenters. The van der Waals surface area contributed by atoms with E-state index in [4.69, 9.17) is 15.0 Å². The number of aromatic nitrogens is 2. The molecule has 1 saturated carbocycles. The van der Waals surface area contributed by atoms with Crippen molar-refractivity contribution in [3.63, 3.8) is 0 Å². The number of nitrogens with two attached hydrogens (primary N) is 1. The van der Waals surface area contributed by atoms with Crippen molar-refractivity contribution in [1.82, 2.24) is 10.1 Å². The normalized spacial score (nSPS) is 25.0. The molecule has 0 amide bonds. The van der Waals surface area contributed by atoms with Crippen molar-refractivity contribution in [2.75, 3.05) is 6.61 Å². The summed E-state index contributed by atoms with van der Waals surface area (Å²) >= 11 is 0. The van der Waals surface area contributed by atoms with Gasteiger partial charge in [-0.1, -0.05) is 31.8 Å². The highest BCUT2D eigenvalue weighted by atomic mass is 16.5. The summed E-state index contributed by atoms with van der Waals surface area (Å²) in [6.45, 7) is 10.8. The SMILES string of the molecule is CC(C)OCC(C)(N)c1noc(C2CCCCC2(C)C)n1. The topological polar surface area (TPSA) is 74.2 Å². The minimum Gasteiger partial charge on any atom is -0.376 e. The predicted octanol–water partition coefficient (Wildman–Crippen LogP) is 3.35. The zero-order valence-electron chi connectivity index (χ0n) is 14.0. The van der Waals surface area contributed by atoms with Crippen LogP contribution in [0.1, 0.15) is 77.9 Å². The molecule has 0 saturated heterocycles. The van der Waals surface area contributed by atoms with Gasteiger partial charge in [0.05, 0.1) is 12.7 Å². The third kappa shape index (κ3) is 3.83. The van der Waals surface area contributed by atoms with Crippen molar-refractivity contribution in [3.05, 3.63) is 11.7 Å². The van der Waals surface area contributed by atoms with Crippen molar-refractivity contribution in [2.45, 2.75) is 77.9 Å². The Labute approximate surface area is 127 Å². The van der Waals surface area contributed by atoms with E-state index in [2.05, 4.69) is 24.0 Å². The lowest BCUT2D eigenvalue weighted by Crippen LogP contribution is -2.40. The van der Waals surface area contributed by atoms with E-state index in [-0.39, 0.29) is 11.5 Å². The van der Waals surface area contributed by atoms with Crippen LogP contribution in [0.5, 0.6) is 0 Å². The second-order valence-electron chi connectivity index (χ2n) is 7.52. The highest BCUT2D eigenvalue weighted by Gasteiger charge is 2.38. The van der Waals surface area contributed by atoms with Crippen molar-refractivity contribution < 1.29 is 9.26 Å². The Morgan fingerprint density at radius 2 is 2.14 bits per heavy atom. The summed E-state index contributed by atoms with van der Waals surface area (Å²) in [5.74, 6) is 1.60. The minimum atomic E-state index is -0.717. The van der Waals surface area contributed by atoms with E-state index in [9.17, 15) is 0 Å². The zero-order chi connectivity index (χ0) is 15.7. The van der Waals surface area contributed by atoms with E-state index >= 15 is 0 Å². The van der Waals surface area contributed by atoms with Gasteiger partial charge in [0.2, 0.25) is 5.89 Å². The molecule has 120 valence electrons. The number of rotatable bonds is 5. The average Bonchev–Trinajstić information content (AvgIpc) is 2.86. The molecule has 1 aromatic heterocycles. The second kappa shape index (κ2) is 6.05. The van der Waals surface area contributed by atoms with Gasteiger partial charge in [-0.2, -0.15) is 4.98 Å². The van der Waals surface area contributed by atoms with Gasteiger partial charge < -0.3 is 15.0 Å². The standard InChI is InChI=1S/C16H29N3O2/c1-11(2)20-10-16(5,17)14-18-13(21-19-14)12-8-6-7-9-15(12,3)4/h11-12H,6-10,17H2,1-5H3. The maximum absolute atomic E-state index is 6.29. The summed E-state index contributed by atoms with van der Waals surface area (Å²) in [7, 11) is 0. The Hall–Kier alpha value is -0.940. The van der Waals surface area contributed by atoms with Gasteiger partial charge in [0, 0.05) is 5.92 Å². The molecule has 1 aliphatic rings. The molecule has 1 heterocycles. The number of hydrogen-bond acceptors (Lipinski definition) is 5. The average molecular weight is 295 g/mol. The van der Waals surface area contributed by atoms with Crippen LogP contribution in [0.2, 0.25) is 0 Å². The molecular formula is C16H29N3O2. The lowest BCUT2D eigenvalue weighted by Gasteiger charge is -2.36. The molecule has 1 aliphatic carbocycles. The maximum atomic E-state index is 6.29. The lowest BCUT2D eigenvalue weighted by molar-refractivity contribution is 0.0410. The molecule has 2 atom stereocenters. The molecule has 1 aromatic rings. The molecular weight excluding hydrogens is 266 g/mol. The van der Waals surface area contributed by atoms with E-state index in [1.165, 1.54) is 19.3 Å². The van der Waals surface area contributed by atoms with Crippen molar-refractivity contribution in [2.24, 2.45) is 11.1 Å². The highest BCUT2D eigenvalue weighted by molar-refractivity contribution is 5.07. The summed E-state index contributed by atoms with van der Waals surface area (Å²) in [4.78, 5) is 4.60. The Balaban J connectivity index is 2.13. The van der Waals surface area contributed by atoms with Crippen LogP contribution >= 0.6 is 0 Å². The summed E-state index contributed by atoms with van der Waals surface area (Å²) < 4.78 is 11.1. The molecule has 2 rings (SSSR count). The highest BCUT2D eigenvalue weighted by Crippen LogP contribution is 2.46. The van der Waals surface area contributed by atoms with Crippen LogP contribution in [0.3, 0.4) is 0 Å². The van der Waals surface area contributed by atoms with E-state index in [0.717, 1.165) is 12.3 Å². The molecule has 2 N–H and O–H groups in total. The van der Waals surface area contributed by atoms with Crippen molar-refractivity contribution in [1.29, 1.82) is 0 Å². The van der Waals surface area contributed by atoms with Gasteiger partial charge in [-0.25, -0.2) is 0 Å². The fourth-order valence-corrected chi connectivity index (χ4v) is 2.96. The Bertz CT molecular complexity index is 466. The molecule has 0 spiro atoms. The molecule has 5 nitrogen and oxygen atoms in total. The molecule has 1 fully saturated rings. The van der Waals surface area contributed by atoms with Crippen LogP contribution in [0.4, 0.5) is 0 Å². The molecule has 0 radical (unpaired) electrons. The summed E-state index contributed by atoms with van der Waals surface area (Å²) in [6.07, 6.45) is 4.95. The zero-order valence-corrected chi connectivity index (χ0v) is 14.0. The first-order chi connectivity index (χ1) is 9.72. The molecule has 0 aliphatic heterocycles. The van der Waals surface area contributed by atoms with E-state index < -0.39 is 5.54 Å². The van der Waals surface area contributed by atoms with Crippen molar-refractivity contribution in [3.8, 4) is 0 Å². The monoisotopic (exact) mass is 295 g/mol. The van der Waals surface area contributed by atoms with Crippen LogP contribution in [0.15, 0.2) is 4.52 Å². The maximum Gasteiger partial charge on any atom is 0.230 e. The van der Waals surface area contributed by atoms with Gasteiger partial charge in [0.25, 0.3) is 0 Å².